The van der Waals surface area contributed by atoms with Crippen LogP contribution in [0.25, 0.3) is 0 Å². The van der Waals surface area contributed by atoms with Crippen LogP contribution in [-0.4, -0.2) is 16.0 Å². The maximum absolute atomic E-state index is 11.1. The fourth-order valence-corrected chi connectivity index (χ4v) is 1.63. The number of carboxylic acids is 1. The first-order valence-electron chi connectivity index (χ1n) is 5.04. The Hall–Kier alpha value is -2.17. The summed E-state index contributed by atoms with van der Waals surface area (Å²) in [5, 5.41) is 19.9. The molecule has 0 aliphatic carbocycles. The minimum absolute atomic E-state index is 0.166. The summed E-state index contributed by atoms with van der Waals surface area (Å²) in [6, 6.07) is 5.89. The van der Waals surface area contributed by atoms with E-state index in [2.05, 4.69) is 6.58 Å². The van der Waals surface area contributed by atoms with Crippen LogP contribution in [0, 0.1) is 10.1 Å². The van der Waals surface area contributed by atoms with E-state index >= 15 is 0 Å². The van der Waals surface area contributed by atoms with Crippen LogP contribution in [0.15, 0.2) is 36.4 Å². The van der Waals surface area contributed by atoms with Crippen LogP contribution in [0.3, 0.4) is 0 Å². The number of hydrogen-bond acceptors (Lipinski definition) is 3. The van der Waals surface area contributed by atoms with E-state index in [9.17, 15) is 14.9 Å². The minimum Gasteiger partial charge on any atom is -0.481 e. The van der Waals surface area contributed by atoms with Crippen molar-refractivity contribution in [3.63, 3.8) is 0 Å². The molecular formula is C12H13NO4. The molecule has 1 atom stereocenters. The van der Waals surface area contributed by atoms with Crippen molar-refractivity contribution in [2.24, 2.45) is 0 Å². The molecule has 1 N–H and O–H groups in total. The van der Waals surface area contributed by atoms with Gasteiger partial charge in [-0.1, -0.05) is 23.8 Å². The van der Waals surface area contributed by atoms with Crippen molar-refractivity contribution in [2.75, 3.05) is 0 Å². The largest absolute Gasteiger partial charge is 0.481 e. The lowest BCUT2D eigenvalue weighted by atomic mass is 9.92. The van der Waals surface area contributed by atoms with Crippen LogP contribution < -0.4 is 0 Å². The van der Waals surface area contributed by atoms with Crippen LogP contribution in [0.4, 0.5) is 5.69 Å². The van der Waals surface area contributed by atoms with E-state index in [0.717, 1.165) is 0 Å². The standard InChI is InChI=1S/C12H13NO4/c1-8(2)7-10(12(14)15)9-5-3-4-6-11(9)13(16)17/h3-6,10H,1,7H2,2H3,(H,14,15). The molecule has 0 aliphatic heterocycles. The summed E-state index contributed by atoms with van der Waals surface area (Å²) in [5.74, 6) is -2.00. The number of carboxylic acid groups (broad SMARTS) is 1. The van der Waals surface area contributed by atoms with Gasteiger partial charge >= 0.3 is 5.97 Å². The van der Waals surface area contributed by atoms with E-state index in [1.807, 2.05) is 0 Å². The maximum Gasteiger partial charge on any atom is 0.311 e. The predicted molar refractivity (Wildman–Crippen MR) is 62.9 cm³/mol. The van der Waals surface area contributed by atoms with Gasteiger partial charge in [0.25, 0.3) is 5.69 Å². The van der Waals surface area contributed by atoms with Crippen molar-refractivity contribution in [1.82, 2.24) is 0 Å². The summed E-state index contributed by atoms with van der Waals surface area (Å²) >= 11 is 0. The van der Waals surface area contributed by atoms with E-state index in [4.69, 9.17) is 5.11 Å². The Morgan fingerprint density at radius 3 is 2.59 bits per heavy atom. The second-order valence-corrected chi connectivity index (χ2v) is 3.87. The average molecular weight is 235 g/mol. The minimum atomic E-state index is -1.08. The molecule has 0 heterocycles. The smallest absolute Gasteiger partial charge is 0.311 e. The number of allylic oxidation sites excluding steroid dienone is 1. The second-order valence-electron chi connectivity index (χ2n) is 3.87. The number of aliphatic carboxylic acids is 1. The molecule has 0 bridgehead atoms. The fourth-order valence-electron chi connectivity index (χ4n) is 1.63. The zero-order valence-electron chi connectivity index (χ0n) is 9.42. The molecule has 0 fully saturated rings. The van der Waals surface area contributed by atoms with E-state index < -0.39 is 16.8 Å². The van der Waals surface area contributed by atoms with Gasteiger partial charge in [0.15, 0.2) is 0 Å². The molecule has 0 spiro atoms. The van der Waals surface area contributed by atoms with Gasteiger partial charge < -0.3 is 5.11 Å². The number of benzene rings is 1. The monoisotopic (exact) mass is 235 g/mol. The van der Waals surface area contributed by atoms with Gasteiger partial charge in [0.1, 0.15) is 0 Å². The fraction of sp³-hybridized carbons (Fsp3) is 0.250. The number of rotatable bonds is 5. The van der Waals surface area contributed by atoms with E-state index in [1.165, 1.54) is 18.2 Å². The molecule has 0 saturated carbocycles. The highest BCUT2D eigenvalue weighted by atomic mass is 16.6. The lowest BCUT2D eigenvalue weighted by molar-refractivity contribution is -0.385. The van der Waals surface area contributed by atoms with Crippen LogP contribution in [-0.2, 0) is 4.79 Å². The van der Waals surface area contributed by atoms with Gasteiger partial charge in [-0.2, -0.15) is 0 Å². The maximum atomic E-state index is 11.1. The van der Waals surface area contributed by atoms with Crippen molar-refractivity contribution >= 4 is 11.7 Å². The first kappa shape index (κ1) is 12.9. The topological polar surface area (TPSA) is 80.4 Å². The SMILES string of the molecule is C=C(C)CC(C(=O)O)c1ccccc1[N+](=O)[O-]. The molecule has 90 valence electrons. The Bertz CT molecular complexity index is 467. The van der Waals surface area contributed by atoms with Crippen molar-refractivity contribution in [1.29, 1.82) is 0 Å². The van der Waals surface area contributed by atoms with Crippen LogP contribution in [0.2, 0.25) is 0 Å². The molecule has 1 aromatic carbocycles. The van der Waals surface area contributed by atoms with Gasteiger partial charge in [-0.05, 0) is 13.3 Å². The van der Waals surface area contributed by atoms with Crippen LogP contribution in [0.5, 0.6) is 0 Å². The van der Waals surface area contributed by atoms with Crippen molar-refractivity contribution in [2.45, 2.75) is 19.3 Å². The Balaban J connectivity index is 3.22. The molecule has 5 heteroatoms. The first-order valence-corrected chi connectivity index (χ1v) is 5.04. The van der Waals surface area contributed by atoms with Crippen LogP contribution in [0.1, 0.15) is 24.8 Å². The van der Waals surface area contributed by atoms with Crippen molar-refractivity contribution < 1.29 is 14.8 Å². The van der Waals surface area contributed by atoms with E-state index in [0.29, 0.717) is 5.57 Å². The highest BCUT2D eigenvalue weighted by Crippen LogP contribution is 2.30. The summed E-state index contributed by atoms with van der Waals surface area (Å²) in [7, 11) is 0. The molecule has 1 unspecified atom stereocenters. The zero-order valence-corrected chi connectivity index (χ0v) is 9.42. The Kier molecular flexibility index (Phi) is 3.98. The molecule has 0 aliphatic rings. The van der Waals surface area contributed by atoms with Gasteiger partial charge in [-0.15, -0.1) is 6.58 Å². The molecular weight excluding hydrogens is 222 g/mol. The number of carbonyl (C=O) groups is 1. The summed E-state index contributed by atoms with van der Waals surface area (Å²) in [4.78, 5) is 21.4. The molecule has 17 heavy (non-hydrogen) atoms. The highest BCUT2D eigenvalue weighted by molar-refractivity contribution is 5.78. The third-order valence-corrected chi connectivity index (χ3v) is 2.36. The summed E-state index contributed by atoms with van der Waals surface area (Å²) in [5.41, 5.74) is 0.727. The van der Waals surface area contributed by atoms with Gasteiger partial charge in [-0.25, -0.2) is 0 Å². The predicted octanol–water partition coefficient (Wildman–Crippen LogP) is 2.73. The third-order valence-electron chi connectivity index (χ3n) is 2.36. The highest BCUT2D eigenvalue weighted by Gasteiger charge is 2.27. The molecule has 0 aromatic heterocycles. The average Bonchev–Trinajstić information content (AvgIpc) is 2.25. The Morgan fingerprint density at radius 1 is 1.53 bits per heavy atom. The quantitative estimate of drug-likeness (QED) is 0.483. The van der Waals surface area contributed by atoms with Gasteiger partial charge in [0, 0.05) is 11.6 Å². The molecule has 0 radical (unpaired) electrons. The summed E-state index contributed by atoms with van der Waals surface area (Å²) in [6.07, 6.45) is 0.195. The Labute approximate surface area is 98.5 Å². The number of nitrogens with zero attached hydrogens (tertiary/aromatic N) is 1. The van der Waals surface area contributed by atoms with E-state index in [-0.39, 0.29) is 17.7 Å². The number of hydrogen-bond donors (Lipinski definition) is 1. The molecule has 1 aromatic rings. The first-order chi connectivity index (χ1) is 7.93. The Morgan fingerprint density at radius 2 is 2.12 bits per heavy atom. The lowest BCUT2D eigenvalue weighted by Gasteiger charge is -2.12. The zero-order chi connectivity index (χ0) is 13.0. The molecule has 5 nitrogen and oxygen atoms in total. The second kappa shape index (κ2) is 5.25. The summed E-state index contributed by atoms with van der Waals surface area (Å²) < 4.78 is 0. The molecule has 0 saturated heterocycles. The van der Waals surface area contributed by atoms with Gasteiger partial charge in [0.2, 0.25) is 0 Å². The third kappa shape index (κ3) is 3.14. The van der Waals surface area contributed by atoms with E-state index in [1.54, 1.807) is 13.0 Å². The molecule has 1 rings (SSSR count). The number of nitro benzene ring substituents is 1. The molecule has 0 amide bonds. The normalized spacial score (nSPS) is 11.8. The van der Waals surface area contributed by atoms with Gasteiger partial charge in [0.05, 0.1) is 10.8 Å². The van der Waals surface area contributed by atoms with Crippen molar-refractivity contribution in [3.8, 4) is 0 Å². The number of nitro groups is 1. The van der Waals surface area contributed by atoms with Gasteiger partial charge in [-0.3, -0.25) is 14.9 Å². The van der Waals surface area contributed by atoms with Crippen LogP contribution >= 0.6 is 0 Å². The number of para-hydroxylation sites is 1. The lowest BCUT2D eigenvalue weighted by Crippen LogP contribution is -2.13. The summed E-state index contributed by atoms with van der Waals surface area (Å²) in [6.45, 7) is 5.34. The van der Waals surface area contributed by atoms with Crippen molar-refractivity contribution in [3.05, 3.63) is 52.1 Å².